The van der Waals surface area contributed by atoms with Crippen LogP contribution in [0.4, 0.5) is 0 Å². The Balaban J connectivity index is 3.83. The highest BCUT2D eigenvalue weighted by Gasteiger charge is 2.20. The summed E-state index contributed by atoms with van der Waals surface area (Å²) in [6.07, 6.45) is -0.431. The van der Waals surface area contributed by atoms with E-state index in [9.17, 15) is 4.79 Å². The lowest BCUT2D eigenvalue weighted by Crippen LogP contribution is -2.22. The maximum Gasteiger partial charge on any atom is 0.313 e. The monoisotopic (exact) mass is 131 g/mol. The molecular formula is C6H11O3. The van der Waals surface area contributed by atoms with Gasteiger partial charge in [-0.2, -0.15) is 0 Å². The molecular weight excluding hydrogens is 120 g/mol. The third-order valence-corrected chi connectivity index (χ3v) is 1.16. The number of aliphatic hydroxyl groups excluding tert-OH is 1. The van der Waals surface area contributed by atoms with Gasteiger partial charge in [0.15, 0.2) is 0 Å². The molecule has 0 spiro atoms. The van der Waals surface area contributed by atoms with Crippen molar-refractivity contribution in [2.24, 2.45) is 0 Å². The molecule has 3 heteroatoms. The van der Waals surface area contributed by atoms with Crippen LogP contribution in [0.25, 0.3) is 0 Å². The van der Waals surface area contributed by atoms with Crippen LogP contribution >= 0.6 is 0 Å². The maximum atomic E-state index is 10.2. The van der Waals surface area contributed by atoms with Crippen molar-refractivity contribution < 1.29 is 15.0 Å². The Bertz CT molecular complexity index is 98.5. The second-order valence-corrected chi connectivity index (χ2v) is 1.86. The Morgan fingerprint density at radius 3 is 2.11 bits per heavy atom. The summed E-state index contributed by atoms with van der Waals surface area (Å²) in [7, 11) is 0. The zero-order chi connectivity index (χ0) is 7.44. The van der Waals surface area contributed by atoms with Gasteiger partial charge in [0.05, 0.1) is 6.10 Å². The number of carboxylic acid groups (broad SMARTS) is 1. The molecule has 0 aromatic rings. The topological polar surface area (TPSA) is 57.5 Å². The van der Waals surface area contributed by atoms with E-state index in [2.05, 4.69) is 0 Å². The van der Waals surface area contributed by atoms with Gasteiger partial charge in [-0.05, 0) is 13.3 Å². The van der Waals surface area contributed by atoms with Gasteiger partial charge < -0.3 is 10.2 Å². The number of aliphatic hydroxyl groups is 1. The molecule has 0 saturated carbocycles. The smallest absolute Gasteiger partial charge is 0.313 e. The predicted molar refractivity (Wildman–Crippen MR) is 32.9 cm³/mol. The Kier molecular flexibility index (Phi) is 3.24. The first-order valence-electron chi connectivity index (χ1n) is 2.86. The molecule has 0 aliphatic rings. The summed E-state index contributed by atoms with van der Waals surface area (Å²) in [6, 6.07) is 0. The fourth-order valence-electron chi connectivity index (χ4n) is 0.625. The number of hydrogen-bond donors (Lipinski definition) is 2. The summed E-state index contributed by atoms with van der Waals surface area (Å²) in [5.41, 5.74) is 0. The summed E-state index contributed by atoms with van der Waals surface area (Å²) in [4.78, 5) is 10.2. The molecule has 0 amide bonds. The molecule has 3 nitrogen and oxygen atoms in total. The Morgan fingerprint density at radius 1 is 1.67 bits per heavy atom. The average molecular weight is 131 g/mol. The van der Waals surface area contributed by atoms with Gasteiger partial charge in [0.1, 0.15) is 5.92 Å². The number of carbonyl (C=O) groups is 1. The molecule has 53 valence electrons. The fourth-order valence-corrected chi connectivity index (χ4v) is 0.625. The first-order chi connectivity index (χ1) is 4.09. The Morgan fingerprint density at radius 2 is 2.11 bits per heavy atom. The van der Waals surface area contributed by atoms with Crippen LogP contribution in [0.5, 0.6) is 0 Å². The Hall–Kier alpha value is -0.570. The number of hydrogen-bond acceptors (Lipinski definition) is 2. The zero-order valence-electron chi connectivity index (χ0n) is 5.59. The van der Waals surface area contributed by atoms with E-state index in [1.807, 2.05) is 0 Å². The average Bonchev–Trinajstić information content (AvgIpc) is 1.64. The first kappa shape index (κ1) is 8.43. The van der Waals surface area contributed by atoms with Crippen LogP contribution < -0.4 is 0 Å². The van der Waals surface area contributed by atoms with Crippen molar-refractivity contribution in [3.05, 3.63) is 5.92 Å². The molecule has 0 aromatic carbocycles. The van der Waals surface area contributed by atoms with Crippen molar-refractivity contribution in [2.45, 2.75) is 26.4 Å². The molecule has 0 fully saturated rings. The summed E-state index contributed by atoms with van der Waals surface area (Å²) < 4.78 is 0. The van der Waals surface area contributed by atoms with Gasteiger partial charge in [0.2, 0.25) is 0 Å². The molecule has 0 bridgehead atoms. The van der Waals surface area contributed by atoms with E-state index in [0.717, 1.165) is 0 Å². The van der Waals surface area contributed by atoms with Crippen LogP contribution in [0, 0.1) is 5.92 Å². The van der Waals surface area contributed by atoms with Crippen LogP contribution in [-0.2, 0) is 4.79 Å². The number of carboxylic acids is 1. The minimum absolute atomic E-state index is 0.162. The van der Waals surface area contributed by atoms with Crippen molar-refractivity contribution in [1.29, 1.82) is 0 Å². The summed E-state index contributed by atoms with van der Waals surface area (Å²) in [5.74, 6) is -0.845. The highest BCUT2D eigenvalue weighted by molar-refractivity contribution is 5.83. The van der Waals surface area contributed by atoms with Crippen LogP contribution in [0.2, 0.25) is 0 Å². The van der Waals surface area contributed by atoms with Crippen molar-refractivity contribution >= 4 is 5.97 Å². The van der Waals surface area contributed by atoms with Crippen LogP contribution in [0.1, 0.15) is 20.3 Å². The molecule has 1 unspecified atom stereocenters. The highest BCUT2D eigenvalue weighted by Crippen LogP contribution is 2.10. The lowest BCUT2D eigenvalue weighted by molar-refractivity contribution is -0.136. The van der Waals surface area contributed by atoms with Gasteiger partial charge in [0, 0.05) is 0 Å². The molecule has 0 aromatic heterocycles. The minimum atomic E-state index is -1.01. The predicted octanol–water partition coefficient (Wildman–Crippen LogP) is 0.436. The number of aliphatic carboxylic acids is 1. The maximum absolute atomic E-state index is 10.2. The van der Waals surface area contributed by atoms with Crippen LogP contribution in [0.15, 0.2) is 0 Å². The van der Waals surface area contributed by atoms with Gasteiger partial charge in [-0.3, -0.25) is 4.79 Å². The minimum Gasteiger partial charge on any atom is -0.481 e. The molecule has 1 atom stereocenters. The molecule has 9 heavy (non-hydrogen) atoms. The summed E-state index contributed by atoms with van der Waals surface area (Å²) in [6.45, 7) is 3.16. The third kappa shape index (κ3) is 2.46. The van der Waals surface area contributed by atoms with E-state index < -0.39 is 12.1 Å². The van der Waals surface area contributed by atoms with Crippen molar-refractivity contribution in [1.82, 2.24) is 0 Å². The third-order valence-electron chi connectivity index (χ3n) is 1.16. The van der Waals surface area contributed by atoms with Crippen molar-refractivity contribution in [3.8, 4) is 0 Å². The van der Waals surface area contributed by atoms with E-state index in [1.54, 1.807) is 6.92 Å². The molecule has 0 saturated heterocycles. The molecule has 1 radical (unpaired) electrons. The lowest BCUT2D eigenvalue weighted by atomic mass is 10.0. The first-order valence-corrected chi connectivity index (χ1v) is 2.86. The molecule has 0 rings (SSSR count). The van der Waals surface area contributed by atoms with E-state index in [0.29, 0.717) is 6.42 Å². The zero-order valence-corrected chi connectivity index (χ0v) is 5.59. The molecule has 0 aliphatic heterocycles. The van der Waals surface area contributed by atoms with Crippen molar-refractivity contribution in [3.63, 3.8) is 0 Å². The van der Waals surface area contributed by atoms with Gasteiger partial charge in [-0.15, -0.1) is 0 Å². The number of rotatable bonds is 3. The lowest BCUT2D eigenvalue weighted by Gasteiger charge is -2.10. The molecule has 0 heterocycles. The second kappa shape index (κ2) is 3.45. The van der Waals surface area contributed by atoms with E-state index in [-0.39, 0.29) is 5.92 Å². The SMILES string of the molecule is CC[C](C(=O)O)C(C)O. The van der Waals surface area contributed by atoms with Gasteiger partial charge in [-0.1, -0.05) is 6.92 Å². The highest BCUT2D eigenvalue weighted by atomic mass is 16.4. The molecule has 2 N–H and O–H groups in total. The fraction of sp³-hybridized carbons (Fsp3) is 0.667. The van der Waals surface area contributed by atoms with E-state index >= 15 is 0 Å². The summed E-state index contributed by atoms with van der Waals surface area (Å²) >= 11 is 0. The van der Waals surface area contributed by atoms with Crippen LogP contribution in [-0.4, -0.2) is 22.3 Å². The quantitative estimate of drug-likeness (QED) is 0.584. The second-order valence-electron chi connectivity index (χ2n) is 1.86. The summed E-state index contributed by atoms with van der Waals surface area (Å²) in [5, 5.41) is 17.1. The normalized spacial score (nSPS) is 13.8. The largest absolute Gasteiger partial charge is 0.481 e. The van der Waals surface area contributed by atoms with Crippen LogP contribution in [0.3, 0.4) is 0 Å². The van der Waals surface area contributed by atoms with Gasteiger partial charge >= 0.3 is 5.97 Å². The van der Waals surface area contributed by atoms with Gasteiger partial charge in [-0.25, -0.2) is 0 Å². The molecule has 0 aliphatic carbocycles. The standard InChI is InChI=1S/C6H11O3/c1-3-5(4(2)7)6(8)9/h4,7H,3H2,1-2H3,(H,8,9). The van der Waals surface area contributed by atoms with Crippen molar-refractivity contribution in [2.75, 3.05) is 0 Å². The van der Waals surface area contributed by atoms with Gasteiger partial charge in [0.25, 0.3) is 0 Å². The Labute approximate surface area is 54.3 Å². The van der Waals surface area contributed by atoms with E-state index in [1.165, 1.54) is 6.92 Å². The van der Waals surface area contributed by atoms with E-state index in [4.69, 9.17) is 10.2 Å².